The first-order chi connectivity index (χ1) is 11.7. The van der Waals surface area contributed by atoms with E-state index in [1.54, 1.807) is 17.8 Å². The van der Waals surface area contributed by atoms with Gasteiger partial charge in [-0.15, -0.1) is 11.8 Å². The summed E-state index contributed by atoms with van der Waals surface area (Å²) in [5.74, 6) is 0. The Labute approximate surface area is 155 Å². The minimum absolute atomic E-state index is 0.134. The SMILES string of the molecule is Cc1cc(Cl)cc(Cn2cc(CO)c(=O)[nH]c2=O)c1SC(C)(C)CN. The van der Waals surface area contributed by atoms with Gasteiger partial charge < -0.3 is 10.8 Å². The summed E-state index contributed by atoms with van der Waals surface area (Å²) in [5.41, 5.74) is 6.72. The number of nitrogens with one attached hydrogen (secondary N) is 1. The maximum absolute atomic E-state index is 12.1. The minimum Gasteiger partial charge on any atom is -0.391 e. The third kappa shape index (κ3) is 4.76. The highest BCUT2D eigenvalue weighted by atomic mass is 35.5. The van der Waals surface area contributed by atoms with Gasteiger partial charge in [-0.05, 0) is 44.0 Å². The fraction of sp³-hybridized carbons (Fsp3) is 0.412. The quantitative estimate of drug-likeness (QED) is 0.661. The second-order valence-corrected chi connectivity index (χ2v) is 8.63. The molecule has 25 heavy (non-hydrogen) atoms. The smallest absolute Gasteiger partial charge is 0.328 e. The molecule has 0 aliphatic rings. The molecule has 0 radical (unpaired) electrons. The van der Waals surface area contributed by atoms with Crippen molar-refractivity contribution in [2.75, 3.05) is 6.54 Å². The van der Waals surface area contributed by atoms with Gasteiger partial charge in [-0.3, -0.25) is 14.3 Å². The molecule has 136 valence electrons. The molecule has 0 atom stereocenters. The molecule has 2 rings (SSSR count). The zero-order valence-corrected chi connectivity index (χ0v) is 16.0. The van der Waals surface area contributed by atoms with Crippen LogP contribution in [-0.2, 0) is 13.2 Å². The third-order valence-corrected chi connectivity index (χ3v) is 5.51. The Balaban J connectivity index is 2.53. The molecule has 1 heterocycles. The molecule has 0 aliphatic heterocycles. The Bertz CT molecular complexity index is 890. The number of hydrogen-bond donors (Lipinski definition) is 3. The molecule has 2 aromatic rings. The Kier molecular flexibility index (Phi) is 6.16. The van der Waals surface area contributed by atoms with E-state index in [0.717, 1.165) is 16.0 Å². The summed E-state index contributed by atoms with van der Waals surface area (Å²) in [7, 11) is 0. The van der Waals surface area contributed by atoms with Crippen LogP contribution in [0, 0.1) is 6.92 Å². The second-order valence-electron chi connectivity index (χ2n) is 6.48. The molecular formula is C17H22ClN3O3S. The van der Waals surface area contributed by atoms with E-state index in [0.29, 0.717) is 11.6 Å². The van der Waals surface area contributed by atoms with Crippen molar-refractivity contribution < 1.29 is 5.11 Å². The van der Waals surface area contributed by atoms with Crippen LogP contribution in [0.4, 0.5) is 0 Å². The maximum Gasteiger partial charge on any atom is 0.328 e. The van der Waals surface area contributed by atoms with E-state index in [4.69, 9.17) is 17.3 Å². The van der Waals surface area contributed by atoms with Crippen molar-refractivity contribution in [2.24, 2.45) is 5.73 Å². The summed E-state index contributed by atoms with van der Waals surface area (Å²) < 4.78 is 1.18. The second kappa shape index (κ2) is 7.78. The van der Waals surface area contributed by atoms with E-state index >= 15 is 0 Å². The van der Waals surface area contributed by atoms with Crippen molar-refractivity contribution in [1.29, 1.82) is 0 Å². The van der Waals surface area contributed by atoms with Crippen LogP contribution in [0.5, 0.6) is 0 Å². The third-order valence-electron chi connectivity index (χ3n) is 3.78. The van der Waals surface area contributed by atoms with E-state index in [2.05, 4.69) is 4.98 Å². The lowest BCUT2D eigenvalue weighted by molar-refractivity contribution is 0.278. The van der Waals surface area contributed by atoms with E-state index in [9.17, 15) is 14.7 Å². The summed E-state index contributed by atoms with van der Waals surface area (Å²) in [6, 6.07) is 3.68. The van der Waals surface area contributed by atoms with Crippen LogP contribution >= 0.6 is 23.4 Å². The molecule has 0 aliphatic carbocycles. The Morgan fingerprint density at radius 2 is 2.00 bits per heavy atom. The number of benzene rings is 1. The fourth-order valence-electron chi connectivity index (χ4n) is 2.35. The van der Waals surface area contributed by atoms with Crippen molar-refractivity contribution in [1.82, 2.24) is 9.55 Å². The molecule has 0 unspecified atom stereocenters. The molecule has 0 saturated heterocycles. The van der Waals surface area contributed by atoms with Crippen LogP contribution in [0.25, 0.3) is 0 Å². The molecule has 0 bridgehead atoms. The van der Waals surface area contributed by atoms with Gasteiger partial charge in [-0.2, -0.15) is 0 Å². The van der Waals surface area contributed by atoms with Crippen molar-refractivity contribution in [3.05, 3.63) is 60.9 Å². The number of thioether (sulfide) groups is 1. The van der Waals surface area contributed by atoms with Crippen LogP contribution in [-0.4, -0.2) is 25.9 Å². The Hall–Kier alpha value is -1.54. The average Bonchev–Trinajstić information content (AvgIpc) is 2.53. The molecule has 4 N–H and O–H groups in total. The van der Waals surface area contributed by atoms with Gasteiger partial charge in [0.2, 0.25) is 0 Å². The maximum atomic E-state index is 12.1. The number of aromatic nitrogens is 2. The Morgan fingerprint density at radius 3 is 2.60 bits per heavy atom. The lowest BCUT2D eigenvalue weighted by Crippen LogP contribution is -2.32. The van der Waals surface area contributed by atoms with Gasteiger partial charge >= 0.3 is 5.69 Å². The summed E-state index contributed by atoms with van der Waals surface area (Å²) in [5, 5.41) is 9.82. The largest absolute Gasteiger partial charge is 0.391 e. The van der Waals surface area contributed by atoms with Crippen molar-refractivity contribution in [3.8, 4) is 0 Å². The number of aliphatic hydroxyl groups is 1. The standard InChI is InChI=1S/C17H22ClN3O3S/c1-10-4-13(18)5-11(14(10)25-17(2,3)9-19)6-21-7-12(8-22)15(23)20-16(21)24/h4-5,7,22H,6,8-9,19H2,1-3H3,(H,20,23,24). The number of nitrogens with two attached hydrogens (primary N) is 1. The first-order valence-corrected chi connectivity index (χ1v) is 8.98. The van der Waals surface area contributed by atoms with Gasteiger partial charge in [-0.25, -0.2) is 4.79 Å². The van der Waals surface area contributed by atoms with Crippen molar-refractivity contribution in [2.45, 2.75) is 43.6 Å². The highest BCUT2D eigenvalue weighted by molar-refractivity contribution is 8.00. The topological polar surface area (TPSA) is 101 Å². The highest BCUT2D eigenvalue weighted by Gasteiger charge is 2.21. The molecular weight excluding hydrogens is 362 g/mol. The van der Waals surface area contributed by atoms with Crippen LogP contribution in [0.15, 0.2) is 32.8 Å². The van der Waals surface area contributed by atoms with Gasteiger partial charge in [0, 0.05) is 27.4 Å². The molecule has 0 spiro atoms. The molecule has 1 aromatic carbocycles. The fourth-order valence-corrected chi connectivity index (χ4v) is 3.75. The van der Waals surface area contributed by atoms with E-state index in [1.807, 2.05) is 26.8 Å². The summed E-state index contributed by atoms with van der Waals surface area (Å²) >= 11 is 7.82. The molecule has 0 saturated carbocycles. The minimum atomic E-state index is -0.579. The zero-order chi connectivity index (χ0) is 18.8. The van der Waals surface area contributed by atoms with Crippen molar-refractivity contribution in [3.63, 3.8) is 0 Å². The van der Waals surface area contributed by atoms with Crippen LogP contribution in [0.3, 0.4) is 0 Å². The Morgan fingerprint density at radius 1 is 1.32 bits per heavy atom. The summed E-state index contributed by atoms with van der Waals surface area (Å²) in [6.45, 7) is 6.33. The van der Waals surface area contributed by atoms with Gasteiger partial charge in [0.15, 0.2) is 0 Å². The van der Waals surface area contributed by atoms with Gasteiger partial charge in [-0.1, -0.05) is 11.6 Å². The number of nitrogens with zero attached hydrogens (tertiary/aromatic N) is 1. The summed E-state index contributed by atoms with van der Waals surface area (Å²) in [4.78, 5) is 26.9. The molecule has 6 nitrogen and oxygen atoms in total. The number of aromatic amines is 1. The number of H-pyrrole nitrogens is 1. The lowest BCUT2D eigenvalue weighted by atomic mass is 10.1. The monoisotopic (exact) mass is 383 g/mol. The van der Waals surface area contributed by atoms with Gasteiger partial charge in [0.25, 0.3) is 5.56 Å². The molecule has 0 fully saturated rings. The zero-order valence-electron chi connectivity index (χ0n) is 14.4. The van der Waals surface area contributed by atoms with E-state index in [-0.39, 0.29) is 16.9 Å². The van der Waals surface area contributed by atoms with Gasteiger partial charge in [0.05, 0.1) is 18.7 Å². The molecule has 8 heteroatoms. The van der Waals surface area contributed by atoms with Crippen molar-refractivity contribution >= 4 is 23.4 Å². The number of aliphatic hydroxyl groups excluding tert-OH is 1. The normalized spacial score (nSPS) is 11.8. The lowest BCUT2D eigenvalue weighted by Gasteiger charge is -2.25. The van der Waals surface area contributed by atoms with E-state index in [1.165, 1.54) is 10.8 Å². The molecule has 0 amide bonds. The number of aryl methyl sites for hydroxylation is 1. The van der Waals surface area contributed by atoms with Crippen LogP contribution < -0.4 is 17.0 Å². The first kappa shape index (κ1) is 19.8. The predicted molar refractivity (Wildman–Crippen MR) is 102 cm³/mol. The van der Waals surface area contributed by atoms with Crippen LogP contribution in [0.2, 0.25) is 5.02 Å². The van der Waals surface area contributed by atoms with E-state index < -0.39 is 17.9 Å². The number of hydrogen-bond acceptors (Lipinski definition) is 5. The first-order valence-electron chi connectivity index (χ1n) is 7.78. The average molecular weight is 384 g/mol. The predicted octanol–water partition coefficient (Wildman–Crippen LogP) is 1.87. The molecule has 1 aromatic heterocycles. The number of rotatable bonds is 6. The van der Waals surface area contributed by atoms with Crippen LogP contribution in [0.1, 0.15) is 30.5 Å². The summed E-state index contributed by atoms with van der Waals surface area (Å²) in [6.07, 6.45) is 1.37. The van der Waals surface area contributed by atoms with Gasteiger partial charge in [0.1, 0.15) is 0 Å². The number of halogens is 1. The highest BCUT2D eigenvalue weighted by Crippen LogP contribution is 2.37.